The van der Waals surface area contributed by atoms with Gasteiger partial charge in [0.05, 0.1) is 11.6 Å². The van der Waals surface area contributed by atoms with Crippen molar-refractivity contribution in [3.05, 3.63) is 70.4 Å². The number of para-hydroxylation sites is 1. The zero-order valence-electron chi connectivity index (χ0n) is 14.2. The van der Waals surface area contributed by atoms with E-state index in [2.05, 4.69) is 0 Å². The van der Waals surface area contributed by atoms with Crippen LogP contribution < -0.4 is 0 Å². The van der Waals surface area contributed by atoms with E-state index in [0.717, 1.165) is 5.39 Å². The normalized spacial score (nSPS) is 10.8. The van der Waals surface area contributed by atoms with Gasteiger partial charge in [-0.2, -0.15) is 0 Å². The largest absolute Gasteiger partial charge is 0.451 e. The Kier molecular flexibility index (Phi) is 5.71. The summed E-state index contributed by atoms with van der Waals surface area (Å²) in [5.74, 6) is -1.05. The zero-order valence-corrected chi connectivity index (χ0v) is 14.9. The third-order valence-corrected chi connectivity index (χ3v) is 4.17. The minimum absolute atomic E-state index is 0.0478. The van der Waals surface area contributed by atoms with E-state index in [1.54, 1.807) is 30.3 Å². The van der Waals surface area contributed by atoms with Crippen LogP contribution in [0.1, 0.15) is 33.4 Å². The molecule has 0 bridgehead atoms. The first-order valence-electron chi connectivity index (χ1n) is 8.14. The predicted octanol–water partition coefficient (Wildman–Crippen LogP) is 4.66. The van der Waals surface area contributed by atoms with Crippen LogP contribution in [0, 0.1) is 0 Å². The Morgan fingerprint density at radius 2 is 1.81 bits per heavy atom. The first-order valence-corrected chi connectivity index (χ1v) is 8.52. The lowest BCUT2D eigenvalue weighted by Crippen LogP contribution is -2.15. The number of fused-ring (bicyclic) bond motifs is 1. The van der Waals surface area contributed by atoms with Crippen molar-refractivity contribution in [2.24, 2.45) is 0 Å². The number of benzene rings is 2. The molecule has 0 aliphatic heterocycles. The van der Waals surface area contributed by atoms with Crippen LogP contribution in [0.25, 0.3) is 11.0 Å². The molecule has 1 heterocycles. The second-order valence-corrected chi connectivity index (χ2v) is 5.93. The van der Waals surface area contributed by atoms with Crippen molar-refractivity contribution in [3.63, 3.8) is 0 Å². The fourth-order valence-corrected chi connectivity index (χ4v) is 2.81. The minimum atomic E-state index is -0.712. The average molecular weight is 373 g/mol. The highest BCUT2D eigenvalue weighted by molar-refractivity contribution is 6.34. The number of halogens is 1. The Morgan fingerprint density at radius 3 is 2.58 bits per heavy atom. The maximum atomic E-state index is 12.5. The van der Waals surface area contributed by atoms with Gasteiger partial charge in [0, 0.05) is 23.1 Å². The van der Waals surface area contributed by atoms with Crippen molar-refractivity contribution in [1.29, 1.82) is 0 Å². The molecule has 0 amide bonds. The lowest BCUT2D eigenvalue weighted by Gasteiger charge is -2.06. The van der Waals surface area contributed by atoms with Gasteiger partial charge in [-0.05, 0) is 25.1 Å². The van der Waals surface area contributed by atoms with Crippen LogP contribution in [0.5, 0.6) is 0 Å². The second kappa shape index (κ2) is 8.17. The molecule has 2 aromatic carbocycles. The van der Waals surface area contributed by atoms with Crippen molar-refractivity contribution in [2.75, 3.05) is 13.2 Å². The SMILES string of the molecule is CCOCc1c(C(=O)OCC(=O)c2ccccc2Cl)oc2ccccc12. The maximum Gasteiger partial charge on any atom is 0.375 e. The van der Waals surface area contributed by atoms with Crippen LogP contribution in [0.15, 0.2) is 52.9 Å². The molecule has 5 nitrogen and oxygen atoms in total. The average Bonchev–Trinajstić information content (AvgIpc) is 3.03. The van der Waals surface area contributed by atoms with Crippen molar-refractivity contribution in [1.82, 2.24) is 0 Å². The topological polar surface area (TPSA) is 65.7 Å². The van der Waals surface area contributed by atoms with Crippen LogP contribution >= 0.6 is 11.6 Å². The highest BCUT2D eigenvalue weighted by Gasteiger charge is 2.23. The van der Waals surface area contributed by atoms with E-state index < -0.39 is 12.6 Å². The molecule has 3 rings (SSSR count). The van der Waals surface area contributed by atoms with Crippen molar-refractivity contribution >= 4 is 34.3 Å². The molecule has 134 valence electrons. The number of hydrogen-bond acceptors (Lipinski definition) is 5. The van der Waals surface area contributed by atoms with Crippen LogP contribution in [-0.2, 0) is 16.1 Å². The third-order valence-electron chi connectivity index (χ3n) is 3.84. The van der Waals surface area contributed by atoms with Crippen LogP contribution in [0.3, 0.4) is 0 Å². The van der Waals surface area contributed by atoms with Gasteiger partial charge in [0.25, 0.3) is 0 Å². The number of ether oxygens (including phenoxy) is 2. The summed E-state index contributed by atoms with van der Waals surface area (Å²) in [5.41, 5.74) is 1.48. The first kappa shape index (κ1) is 18.2. The quantitative estimate of drug-likeness (QED) is 0.445. The molecule has 1 aromatic heterocycles. The van der Waals surface area contributed by atoms with Crippen LogP contribution in [-0.4, -0.2) is 25.0 Å². The number of Topliss-reactive ketones (excluding diaryl/α,β-unsaturated/α-hetero) is 1. The lowest BCUT2D eigenvalue weighted by molar-refractivity contribution is 0.0439. The maximum absolute atomic E-state index is 12.5. The highest BCUT2D eigenvalue weighted by Crippen LogP contribution is 2.27. The molecular weight excluding hydrogens is 356 g/mol. The fraction of sp³-hybridized carbons (Fsp3) is 0.200. The summed E-state index contributed by atoms with van der Waals surface area (Å²) in [4.78, 5) is 24.7. The molecule has 0 fully saturated rings. The first-order chi connectivity index (χ1) is 12.6. The van der Waals surface area contributed by atoms with E-state index in [4.69, 9.17) is 25.5 Å². The van der Waals surface area contributed by atoms with E-state index in [1.165, 1.54) is 0 Å². The molecule has 0 atom stereocenters. The second-order valence-electron chi connectivity index (χ2n) is 5.52. The van der Waals surface area contributed by atoms with Crippen molar-refractivity contribution in [2.45, 2.75) is 13.5 Å². The minimum Gasteiger partial charge on any atom is -0.451 e. The third kappa shape index (κ3) is 3.79. The summed E-state index contributed by atoms with van der Waals surface area (Å²) in [7, 11) is 0. The molecule has 26 heavy (non-hydrogen) atoms. The van der Waals surface area contributed by atoms with Gasteiger partial charge in [-0.1, -0.05) is 41.9 Å². The molecule has 0 aliphatic rings. The summed E-state index contributed by atoms with van der Waals surface area (Å²) >= 11 is 5.99. The number of rotatable bonds is 7. The molecule has 0 saturated carbocycles. The van der Waals surface area contributed by atoms with Gasteiger partial charge in [-0.25, -0.2) is 4.79 Å². The monoisotopic (exact) mass is 372 g/mol. The summed E-state index contributed by atoms with van der Waals surface area (Å²) in [5, 5.41) is 1.10. The van der Waals surface area contributed by atoms with Gasteiger partial charge in [0.1, 0.15) is 5.58 Å². The van der Waals surface area contributed by atoms with Gasteiger partial charge in [0.15, 0.2) is 6.61 Å². The van der Waals surface area contributed by atoms with E-state index in [1.807, 2.05) is 25.1 Å². The standard InChI is InChI=1S/C20H17ClO5/c1-2-24-11-15-13-7-4-6-10-18(13)26-19(15)20(23)25-12-17(22)14-8-3-5-9-16(14)21/h3-10H,2,11-12H2,1H3. The molecule has 0 aliphatic carbocycles. The molecule has 3 aromatic rings. The van der Waals surface area contributed by atoms with E-state index >= 15 is 0 Å². The van der Waals surface area contributed by atoms with Gasteiger partial charge in [-0.15, -0.1) is 0 Å². The van der Waals surface area contributed by atoms with Gasteiger partial charge < -0.3 is 13.9 Å². The molecule has 6 heteroatoms. The number of carbonyl (C=O) groups excluding carboxylic acids is 2. The summed E-state index contributed by atoms with van der Waals surface area (Å²) in [6.45, 7) is 2.16. The van der Waals surface area contributed by atoms with Gasteiger partial charge >= 0.3 is 5.97 Å². The lowest BCUT2D eigenvalue weighted by atomic mass is 10.1. The smallest absolute Gasteiger partial charge is 0.375 e. The van der Waals surface area contributed by atoms with E-state index in [9.17, 15) is 9.59 Å². The molecule has 0 unspecified atom stereocenters. The van der Waals surface area contributed by atoms with Crippen LogP contribution in [0.4, 0.5) is 0 Å². The highest BCUT2D eigenvalue weighted by atomic mass is 35.5. The molecule has 0 radical (unpaired) electrons. The van der Waals surface area contributed by atoms with E-state index in [0.29, 0.717) is 28.3 Å². The Labute approximate surface area is 155 Å². The van der Waals surface area contributed by atoms with Crippen molar-refractivity contribution in [3.8, 4) is 0 Å². The molecular formula is C20H17ClO5. The summed E-state index contributed by atoms with van der Waals surface area (Å²) in [6.07, 6.45) is 0. The fourth-order valence-electron chi connectivity index (χ4n) is 2.57. The Bertz CT molecular complexity index is 944. The summed E-state index contributed by atoms with van der Waals surface area (Å²) < 4.78 is 16.2. The number of furan rings is 1. The predicted molar refractivity (Wildman–Crippen MR) is 97.6 cm³/mol. The Balaban J connectivity index is 1.79. The molecule has 0 saturated heterocycles. The summed E-state index contributed by atoms with van der Waals surface area (Å²) in [6, 6.07) is 13.9. The molecule has 0 spiro atoms. The van der Waals surface area contributed by atoms with Gasteiger partial charge in [0.2, 0.25) is 11.5 Å². The van der Waals surface area contributed by atoms with E-state index in [-0.39, 0.29) is 18.2 Å². The van der Waals surface area contributed by atoms with Gasteiger partial charge in [-0.3, -0.25) is 4.79 Å². The van der Waals surface area contributed by atoms with Crippen molar-refractivity contribution < 1.29 is 23.5 Å². The van der Waals surface area contributed by atoms with Crippen LogP contribution in [0.2, 0.25) is 5.02 Å². The Morgan fingerprint density at radius 1 is 1.08 bits per heavy atom. The number of ketones is 1. The number of esters is 1. The number of carbonyl (C=O) groups is 2. The Hall–Kier alpha value is -2.63. The zero-order chi connectivity index (χ0) is 18.5. The number of hydrogen-bond donors (Lipinski definition) is 0. The molecule has 0 N–H and O–H groups in total.